The van der Waals surface area contributed by atoms with Crippen LogP contribution < -0.4 is 5.32 Å². The Labute approximate surface area is 116 Å². The van der Waals surface area contributed by atoms with Gasteiger partial charge in [-0.05, 0) is 36.8 Å². The third kappa shape index (κ3) is 3.66. The van der Waals surface area contributed by atoms with E-state index in [1.54, 1.807) is 0 Å². The summed E-state index contributed by atoms with van der Waals surface area (Å²) in [5.41, 5.74) is 0.0120. The Morgan fingerprint density at radius 3 is 2.47 bits per heavy atom. The number of nitrogens with one attached hydrogen (secondary N) is 1. The standard InChI is InChI=1S/C14H16ClF2NO/c15-7-9-2-1-3-10(9)8-18-14(19)11-4-12(16)6-13(17)5-11/h4-6,9-10H,1-3,7-8H2,(H,18,19). The summed E-state index contributed by atoms with van der Waals surface area (Å²) in [6, 6.07) is 2.81. The number of amides is 1. The van der Waals surface area contributed by atoms with Crippen LogP contribution in [0.15, 0.2) is 18.2 Å². The van der Waals surface area contributed by atoms with Gasteiger partial charge in [0.2, 0.25) is 0 Å². The van der Waals surface area contributed by atoms with Gasteiger partial charge in [-0.1, -0.05) is 6.42 Å². The van der Waals surface area contributed by atoms with Crippen molar-refractivity contribution in [1.29, 1.82) is 0 Å². The molecule has 0 bridgehead atoms. The van der Waals surface area contributed by atoms with Gasteiger partial charge < -0.3 is 5.32 Å². The van der Waals surface area contributed by atoms with E-state index in [4.69, 9.17) is 11.6 Å². The summed E-state index contributed by atoms with van der Waals surface area (Å²) in [6.07, 6.45) is 3.24. The average Bonchev–Trinajstić information content (AvgIpc) is 2.82. The van der Waals surface area contributed by atoms with E-state index < -0.39 is 17.5 Å². The first-order valence-electron chi connectivity index (χ1n) is 6.40. The van der Waals surface area contributed by atoms with Crippen molar-refractivity contribution in [2.24, 2.45) is 11.8 Å². The second-order valence-corrected chi connectivity index (χ2v) is 5.28. The molecule has 0 radical (unpaired) electrons. The van der Waals surface area contributed by atoms with Crippen molar-refractivity contribution >= 4 is 17.5 Å². The van der Waals surface area contributed by atoms with Crippen LogP contribution in [0.5, 0.6) is 0 Å². The smallest absolute Gasteiger partial charge is 0.251 e. The van der Waals surface area contributed by atoms with Crippen molar-refractivity contribution in [2.45, 2.75) is 19.3 Å². The van der Waals surface area contributed by atoms with Crippen molar-refractivity contribution < 1.29 is 13.6 Å². The molecule has 2 rings (SSSR count). The zero-order valence-electron chi connectivity index (χ0n) is 10.5. The fourth-order valence-corrected chi connectivity index (χ4v) is 3.00. The molecule has 0 saturated heterocycles. The Balaban J connectivity index is 1.94. The highest BCUT2D eigenvalue weighted by Gasteiger charge is 2.26. The van der Waals surface area contributed by atoms with Crippen molar-refractivity contribution in [3.63, 3.8) is 0 Å². The Morgan fingerprint density at radius 2 is 1.84 bits per heavy atom. The number of hydrogen-bond donors (Lipinski definition) is 1. The number of benzene rings is 1. The molecule has 104 valence electrons. The van der Waals surface area contributed by atoms with Gasteiger partial charge in [0, 0.05) is 24.1 Å². The minimum atomic E-state index is -0.746. The van der Waals surface area contributed by atoms with E-state index in [2.05, 4.69) is 5.32 Å². The Hall–Kier alpha value is -1.16. The fraction of sp³-hybridized carbons (Fsp3) is 0.500. The summed E-state index contributed by atoms with van der Waals surface area (Å²) in [6.45, 7) is 0.508. The van der Waals surface area contributed by atoms with E-state index in [1.165, 1.54) is 0 Å². The quantitative estimate of drug-likeness (QED) is 0.846. The molecule has 1 N–H and O–H groups in total. The maximum absolute atomic E-state index is 13.0. The van der Waals surface area contributed by atoms with Gasteiger partial charge >= 0.3 is 0 Å². The summed E-state index contributed by atoms with van der Waals surface area (Å²) in [4.78, 5) is 11.8. The summed E-state index contributed by atoms with van der Waals surface area (Å²) in [5, 5.41) is 2.73. The summed E-state index contributed by atoms with van der Waals surface area (Å²) in [5.74, 6) is -0.561. The van der Waals surface area contributed by atoms with Crippen LogP contribution >= 0.6 is 11.6 Å². The number of carbonyl (C=O) groups is 1. The predicted molar refractivity (Wildman–Crippen MR) is 70.2 cm³/mol. The minimum absolute atomic E-state index is 0.0120. The zero-order chi connectivity index (χ0) is 13.8. The summed E-state index contributed by atoms with van der Waals surface area (Å²) < 4.78 is 26.0. The highest BCUT2D eigenvalue weighted by atomic mass is 35.5. The van der Waals surface area contributed by atoms with Crippen LogP contribution in [0.1, 0.15) is 29.6 Å². The Bertz CT molecular complexity index is 447. The van der Waals surface area contributed by atoms with Crippen LogP contribution in [0.25, 0.3) is 0 Å². The largest absolute Gasteiger partial charge is 0.352 e. The van der Waals surface area contributed by atoms with E-state index >= 15 is 0 Å². The van der Waals surface area contributed by atoms with Gasteiger partial charge in [-0.3, -0.25) is 4.79 Å². The molecular formula is C14H16ClF2NO. The number of carbonyl (C=O) groups excluding carboxylic acids is 1. The maximum atomic E-state index is 13.0. The molecule has 2 unspecified atom stereocenters. The summed E-state index contributed by atoms with van der Waals surface area (Å²) >= 11 is 5.86. The molecule has 1 aliphatic rings. The van der Waals surface area contributed by atoms with Crippen molar-refractivity contribution in [1.82, 2.24) is 5.32 Å². The number of alkyl halides is 1. The van der Waals surface area contributed by atoms with E-state index in [0.717, 1.165) is 37.5 Å². The second kappa shape index (κ2) is 6.33. The average molecular weight is 288 g/mol. The van der Waals surface area contributed by atoms with Crippen LogP contribution in [0.4, 0.5) is 8.78 Å². The van der Waals surface area contributed by atoms with Gasteiger partial charge in [-0.25, -0.2) is 8.78 Å². The lowest BCUT2D eigenvalue weighted by molar-refractivity contribution is 0.0943. The molecule has 0 heterocycles. The topological polar surface area (TPSA) is 29.1 Å². The number of halogens is 3. The lowest BCUT2D eigenvalue weighted by atomic mass is 9.98. The van der Waals surface area contributed by atoms with Crippen molar-refractivity contribution in [2.75, 3.05) is 12.4 Å². The normalized spacial score (nSPS) is 22.5. The van der Waals surface area contributed by atoms with Crippen LogP contribution in [0, 0.1) is 23.5 Å². The molecule has 1 aromatic rings. The Morgan fingerprint density at radius 1 is 1.21 bits per heavy atom. The zero-order valence-corrected chi connectivity index (χ0v) is 11.2. The SMILES string of the molecule is O=C(NCC1CCCC1CCl)c1cc(F)cc(F)c1. The van der Waals surface area contributed by atoms with E-state index in [9.17, 15) is 13.6 Å². The van der Waals surface area contributed by atoms with Gasteiger partial charge in [-0.2, -0.15) is 0 Å². The Kier molecular flexibility index (Phi) is 4.75. The van der Waals surface area contributed by atoms with E-state index in [-0.39, 0.29) is 5.56 Å². The number of rotatable bonds is 4. The lowest BCUT2D eigenvalue weighted by Gasteiger charge is -2.17. The molecule has 1 saturated carbocycles. The first kappa shape index (κ1) is 14.3. The van der Waals surface area contributed by atoms with E-state index in [1.807, 2.05) is 0 Å². The molecule has 1 amide bonds. The van der Waals surface area contributed by atoms with Crippen molar-refractivity contribution in [3.8, 4) is 0 Å². The second-order valence-electron chi connectivity index (χ2n) is 4.97. The maximum Gasteiger partial charge on any atom is 0.251 e. The molecule has 2 atom stereocenters. The van der Waals surface area contributed by atoms with Gasteiger partial charge in [0.05, 0.1) is 0 Å². The molecule has 1 aliphatic carbocycles. The van der Waals surface area contributed by atoms with Gasteiger partial charge in [0.25, 0.3) is 5.91 Å². The molecule has 2 nitrogen and oxygen atoms in total. The third-order valence-electron chi connectivity index (χ3n) is 3.66. The molecule has 1 fully saturated rings. The van der Waals surface area contributed by atoms with Crippen LogP contribution in [0.3, 0.4) is 0 Å². The number of hydrogen-bond acceptors (Lipinski definition) is 1. The molecule has 19 heavy (non-hydrogen) atoms. The molecule has 0 aromatic heterocycles. The molecule has 5 heteroatoms. The molecule has 0 spiro atoms. The molecule has 1 aromatic carbocycles. The van der Waals surface area contributed by atoms with E-state index in [0.29, 0.717) is 24.3 Å². The first-order valence-corrected chi connectivity index (χ1v) is 6.94. The minimum Gasteiger partial charge on any atom is -0.352 e. The highest BCUT2D eigenvalue weighted by molar-refractivity contribution is 6.18. The van der Waals surface area contributed by atoms with Crippen LogP contribution in [-0.4, -0.2) is 18.3 Å². The first-order chi connectivity index (χ1) is 9.10. The lowest BCUT2D eigenvalue weighted by Crippen LogP contribution is -2.31. The van der Waals surface area contributed by atoms with Crippen molar-refractivity contribution in [3.05, 3.63) is 35.4 Å². The van der Waals surface area contributed by atoms with Crippen LogP contribution in [-0.2, 0) is 0 Å². The monoisotopic (exact) mass is 287 g/mol. The third-order valence-corrected chi connectivity index (χ3v) is 4.06. The molecule has 0 aliphatic heterocycles. The fourth-order valence-electron chi connectivity index (χ4n) is 2.60. The van der Waals surface area contributed by atoms with Gasteiger partial charge in [0.1, 0.15) is 11.6 Å². The molecular weight excluding hydrogens is 272 g/mol. The summed E-state index contributed by atoms with van der Waals surface area (Å²) in [7, 11) is 0. The van der Waals surface area contributed by atoms with Gasteiger partial charge in [0.15, 0.2) is 0 Å². The predicted octanol–water partition coefficient (Wildman–Crippen LogP) is 3.35. The van der Waals surface area contributed by atoms with Gasteiger partial charge in [-0.15, -0.1) is 11.6 Å². The van der Waals surface area contributed by atoms with Crippen LogP contribution in [0.2, 0.25) is 0 Å². The highest BCUT2D eigenvalue weighted by Crippen LogP contribution is 2.31.